The first kappa shape index (κ1) is 12.8. The first-order chi connectivity index (χ1) is 8.70. The summed E-state index contributed by atoms with van der Waals surface area (Å²) in [5, 5.41) is 12.9. The van der Waals surface area contributed by atoms with Crippen LogP contribution < -0.4 is 10.1 Å². The molecule has 0 radical (unpaired) electrons. The van der Waals surface area contributed by atoms with Crippen LogP contribution in [0.5, 0.6) is 11.5 Å². The van der Waals surface area contributed by atoms with Gasteiger partial charge in [0.15, 0.2) is 11.5 Å². The predicted molar refractivity (Wildman–Crippen MR) is 76.1 cm³/mol. The molecule has 0 amide bonds. The van der Waals surface area contributed by atoms with Gasteiger partial charge in [-0.05, 0) is 23.8 Å². The number of hydrogen-bond acceptors (Lipinski definition) is 3. The number of hydrogen-bond donors (Lipinski definition) is 2. The van der Waals surface area contributed by atoms with Crippen molar-refractivity contribution in [1.29, 1.82) is 0 Å². The van der Waals surface area contributed by atoms with Crippen LogP contribution >= 0.6 is 15.9 Å². The maximum absolute atomic E-state index is 9.67. The van der Waals surface area contributed by atoms with Crippen LogP contribution in [0.1, 0.15) is 5.56 Å². The molecule has 94 valence electrons. The van der Waals surface area contributed by atoms with Gasteiger partial charge in [0.05, 0.1) is 7.11 Å². The van der Waals surface area contributed by atoms with E-state index in [1.807, 2.05) is 30.3 Å². The molecule has 0 fully saturated rings. The molecule has 0 aromatic heterocycles. The van der Waals surface area contributed by atoms with Crippen molar-refractivity contribution in [3.63, 3.8) is 0 Å². The first-order valence-electron chi connectivity index (χ1n) is 5.55. The summed E-state index contributed by atoms with van der Waals surface area (Å²) in [5.74, 6) is 0.607. The van der Waals surface area contributed by atoms with Crippen molar-refractivity contribution >= 4 is 21.6 Å². The average molecular weight is 308 g/mol. The Balaban J connectivity index is 2.07. The van der Waals surface area contributed by atoms with E-state index in [9.17, 15) is 5.11 Å². The molecule has 0 bridgehead atoms. The van der Waals surface area contributed by atoms with E-state index in [0.29, 0.717) is 12.3 Å². The maximum Gasteiger partial charge on any atom is 0.160 e. The molecule has 3 nitrogen and oxygen atoms in total. The van der Waals surface area contributed by atoms with Crippen molar-refractivity contribution in [3.8, 4) is 11.5 Å². The molecule has 0 spiro atoms. The van der Waals surface area contributed by atoms with E-state index in [2.05, 4.69) is 21.2 Å². The molecule has 0 aliphatic heterocycles. The number of anilines is 1. The number of halogens is 1. The van der Waals surface area contributed by atoms with Crippen LogP contribution in [0.2, 0.25) is 0 Å². The summed E-state index contributed by atoms with van der Waals surface area (Å²) in [6.45, 7) is 0.688. The largest absolute Gasteiger partial charge is 0.504 e. The molecule has 0 aliphatic rings. The number of benzene rings is 2. The maximum atomic E-state index is 9.67. The van der Waals surface area contributed by atoms with Gasteiger partial charge in [-0.25, -0.2) is 0 Å². The Bertz CT molecular complexity index is 543. The van der Waals surface area contributed by atoms with E-state index >= 15 is 0 Å². The van der Waals surface area contributed by atoms with Crippen LogP contribution in [0.15, 0.2) is 46.9 Å². The summed E-state index contributed by atoms with van der Waals surface area (Å²) in [7, 11) is 1.53. The van der Waals surface area contributed by atoms with E-state index < -0.39 is 0 Å². The van der Waals surface area contributed by atoms with Crippen molar-refractivity contribution in [1.82, 2.24) is 0 Å². The summed E-state index contributed by atoms with van der Waals surface area (Å²) in [4.78, 5) is 0. The van der Waals surface area contributed by atoms with Gasteiger partial charge in [-0.3, -0.25) is 0 Å². The Kier molecular flexibility index (Phi) is 4.10. The highest BCUT2D eigenvalue weighted by Gasteiger charge is 2.03. The third-order valence-electron chi connectivity index (χ3n) is 2.62. The fraction of sp³-hybridized carbons (Fsp3) is 0.143. The lowest BCUT2D eigenvalue weighted by molar-refractivity contribution is 0.373. The molecular weight excluding hydrogens is 294 g/mol. The molecule has 4 heteroatoms. The average Bonchev–Trinajstić information content (AvgIpc) is 2.38. The van der Waals surface area contributed by atoms with Gasteiger partial charge in [-0.1, -0.05) is 34.1 Å². The fourth-order valence-corrected chi connectivity index (χ4v) is 2.06. The van der Waals surface area contributed by atoms with Gasteiger partial charge in [0.2, 0.25) is 0 Å². The van der Waals surface area contributed by atoms with E-state index in [4.69, 9.17) is 4.74 Å². The smallest absolute Gasteiger partial charge is 0.160 e. The molecule has 0 aliphatic carbocycles. The Hall–Kier alpha value is -1.68. The molecule has 0 unspecified atom stereocenters. The third kappa shape index (κ3) is 2.96. The zero-order valence-electron chi connectivity index (χ0n) is 9.98. The lowest BCUT2D eigenvalue weighted by Gasteiger charge is -2.10. The zero-order chi connectivity index (χ0) is 13.0. The minimum Gasteiger partial charge on any atom is -0.504 e. The minimum absolute atomic E-state index is 0.134. The molecule has 18 heavy (non-hydrogen) atoms. The molecule has 0 atom stereocenters. The van der Waals surface area contributed by atoms with Crippen molar-refractivity contribution in [2.75, 3.05) is 12.4 Å². The van der Waals surface area contributed by atoms with Crippen molar-refractivity contribution in [2.24, 2.45) is 0 Å². The van der Waals surface area contributed by atoms with Crippen molar-refractivity contribution in [2.45, 2.75) is 6.54 Å². The monoisotopic (exact) mass is 307 g/mol. The number of methoxy groups -OCH3 is 1. The third-order valence-corrected chi connectivity index (χ3v) is 3.39. The number of phenols is 1. The highest BCUT2D eigenvalue weighted by atomic mass is 79.9. The van der Waals surface area contributed by atoms with Gasteiger partial charge in [-0.15, -0.1) is 0 Å². The second kappa shape index (κ2) is 5.78. The van der Waals surface area contributed by atoms with Gasteiger partial charge < -0.3 is 15.2 Å². The van der Waals surface area contributed by atoms with Gasteiger partial charge in [0.1, 0.15) is 0 Å². The van der Waals surface area contributed by atoms with E-state index in [0.717, 1.165) is 15.7 Å². The SMILES string of the molecule is COc1ccc(NCc2ccccc2Br)cc1O. The van der Waals surface area contributed by atoms with E-state index in [1.165, 1.54) is 7.11 Å². The molecule has 0 saturated heterocycles. The van der Waals surface area contributed by atoms with Gasteiger partial charge in [-0.2, -0.15) is 0 Å². The molecule has 2 rings (SSSR count). The highest BCUT2D eigenvalue weighted by molar-refractivity contribution is 9.10. The number of nitrogens with one attached hydrogen (secondary N) is 1. The van der Waals surface area contributed by atoms with Crippen LogP contribution in [0.25, 0.3) is 0 Å². The Morgan fingerprint density at radius 2 is 2.00 bits per heavy atom. The predicted octanol–water partition coefficient (Wildman–Crippen LogP) is 3.78. The van der Waals surface area contributed by atoms with Crippen LogP contribution in [0.4, 0.5) is 5.69 Å². The molecule has 0 heterocycles. The van der Waals surface area contributed by atoms with E-state index in [-0.39, 0.29) is 5.75 Å². The van der Waals surface area contributed by atoms with Crippen molar-refractivity contribution < 1.29 is 9.84 Å². The van der Waals surface area contributed by atoms with Gasteiger partial charge in [0.25, 0.3) is 0 Å². The second-order valence-electron chi connectivity index (χ2n) is 3.83. The van der Waals surface area contributed by atoms with E-state index in [1.54, 1.807) is 12.1 Å². The number of aromatic hydroxyl groups is 1. The Labute approximate surface area is 115 Å². The number of rotatable bonds is 4. The van der Waals surface area contributed by atoms with Crippen LogP contribution in [0.3, 0.4) is 0 Å². The minimum atomic E-state index is 0.134. The molecular formula is C14H14BrNO2. The topological polar surface area (TPSA) is 41.5 Å². The summed E-state index contributed by atoms with van der Waals surface area (Å²) in [6, 6.07) is 13.3. The standard InChI is InChI=1S/C14H14BrNO2/c1-18-14-7-6-11(8-13(14)17)16-9-10-4-2-3-5-12(10)15/h2-8,16-17H,9H2,1H3. The highest BCUT2D eigenvalue weighted by Crippen LogP contribution is 2.29. The summed E-state index contributed by atoms with van der Waals surface area (Å²) < 4.78 is 6.06. The molecule has 2 aromatic carbocycles. The number of phenolic OH excluding ortho intramolecular Hbond substituents is 1. The summed E-state index contributed by atoms with van der Waals surface area (Å²) >= 11 is 3.50. The quantitative estimate of drug-likeness (QED) is 0.903. The molecule has 0 saturated carbocycles. The normalized spacial score (nSPS) is 10.1. The second-order valence-corrected chi connectivity index (χ2v) is 4.69. The van der Waals surface area contributed by atoms with Crippen LogP contribution in [-0.2, 0) is 6.54 Å². The van der Waals surface area contributed by atoms with Gasteiger partial charge >= 0.3 is 0 Å². The van der Waals surface area contributed by atoms with Crippen molar-refractivity contribution in [3.05, 3.63) is 52.5 Å². The lowest BCUT2D eigenvalue weighted by Crippen LogP contribution is -2.00. The summed E-state index contributed by atoms with van der Waals surface area (Å²) in [6.07, 6.45) is 0. The summed E-state index contributed by atoms with van der Waals surface area (Å²) in [5.41, 5.74) is 2.01. The first-order valence-corrected chi connectivity index (χ1v) is 6.34. The molecule has 2 N–H and O–H groups in total. The Morgan fingerprint density at radius 1 is 1.22 bits per heavy atom. The Morgan fingerprint density at radius 3 is 2.67 bits per heavy atom. The van der Waals surface area contributed by atoms with Crippen LogP contribution in [0, 0.1) is 0 Å². The fourth-order valence-electron chi connectivity index (χ4n) is 1.64. The zero-order valence-corrected chi connectivity index (χ0v) is 11.6. The van der Waals surface area contributed by atoms with Crippen LogP contribution in [-0.4, -0.2) is 12.2 Å². The number of ether oxygens (including phenoxy) is 1. The lowest BCUT2D eigenvalue weighted by atomic mass is 10.2. The van der Waals surface area contributed by atoms with Gasteiger partial charge in [0, 0.05) is 22.8 Å². The molecule has 2 aromatic rings.